The van der Waals surface area contributed by atoms with Gasteiger partial charge in [0.2, 0.25) is 0 Å². The standard InChI is InChI=1S/C16H16BrN3S/c1-10(18-2)12-9-11(17)7-8-15(12)21-16-19-13-5-3-4-6-14(13)20-16/h3-10,18H,1-2H3,(H,19,20). The maximum atomic E-state index is 4.63. The minimum atomic E-state index is 0.286. The molecule has 21 heavy (non-hydrogen) atoms. The van der Waals surface area contributed by atoms with E-state index >= 15 is 0 Å². The lowest BCUT2D eigenvalue weighted by Crippen LogP contribution is -2.13. The van der Waals surface area contributed by atoms with Gasteiger partial charge >= 0.3 is 0 Å². The summed E-state index contributed by atoms with van der Waals surface area (Å²) in [6.07, 6.45) is 0. The van der Waals surface area contributed by atoms with E-state index in [1.807, 2.05) is 31.3 Å². The topological polar surface area (TPSA) is 40.7 Å². The molecular formula is C16H16BrN3S. The fraction of sp³-hybridized carbons (Fsp3) is 0.188. The summed E-state index contributed by atoms with van der Waals surface area (Å²) in [6, 6.07) is 14.7. The fourth-order valence-corrected chi connectivity index (χ4v) is 3.57. The van der Waals surface area contributed by atoms with Gasteiger partial charge in [-0.25, -0.2) is 4.98 Å². The molecule has 3 aromatic rings. The van der Waals surface area contributed by atoms with Crippen LogP contribution in [0.25, 0.3) is 11.0 Å². The number of halogens is 1. The summed E-state index contributed by atoms with van der Waals surface area (Å²) in [5.74, 6) is 0. The van der Waals surface area contributed by atoms with Crippen molar-refractivity contribution in [3.8, 4) is 0 Å². The zero-order chi connectivity index (χ0) is 14.8. The molecule has 1 unspecified atom stereocenters. The Morgan fingerprint density at radius 2 is 2.05 bits per heavy atom. The first kappa shape index (κ1) is 14.6. The first-order chi connectivity index (χ1) is 10.2. The van der Waals surface area contributed by atoms with Crippen molar-refractivity contribution in [3.05, 3.63) is 52.5 Å². The average molecular weight is 362 g/mol. The highest BCUT2D eigenvalue weighted by atomic mass is 79.9. The lowest BCUT2D eigenvalue weighted by atomic mass is 10.1. The monoisotopic (exact) mass is 361 g/mol. The Morgan fingerprint density at radius 3 is 2.81 bits per heavy atom. The second-order valence-electron chi connectivity index (χ2n) is 4.85. The third-order valence-corrected chi connectivity index (χ3v) is 4.92. The van der Waals surface area contributed by atoms with Gasteiger partial charge in [0.05, 0.1) is 11.0 Å². The second-order valence-corrected chi connectivity index (χ2v) is 6.80. The minimum Gasteiger partial charge on any atom is -0.333 e. The smallest absolute Gasteiger partial charge is 0.171 e. The Balaban J connectivity index is 1.97. The highest BCUT2D eigenvalue weighted by Crippen LogP contribution is 2.34. The van der Waals surface area contributed by atoms with Crippen LogP contribution in [0.3, 0.4) is 0 Å². The molecule has 0 spiro atoms. The van der Waals surface area contributed by atoms with Gasteiger partial charge in [-0.3, -0.25) is 0 Å². The summed E-state index contributed by atoms with van der Waals surface area (Å²) < 4.78 is 1.09. The van der Waals surface area contributed by atoms with E-state index < -0.39 is 0 Å². The van der Waals surface area contributed by atoms with Gasteiger partial charge in [0.15, 0.2) is 5.16 Å². The van der Waals surface area contributed by atoms with Crippen LogP contribution in [0.2, 0.25) is 0 Å². The van der Waals surface area contributed by atoms with Crippen molar-refractivity contribution in [2.24, 2.45) is 0 Å². The Kier molecular flexibility index (Phi) is 4.33. The summed E-state index contributed by atoms with van der Waals surface area (Å²) in [7, 11) is 1.97. The van der Waals surface area contributed by atoms with Crippen molar-refractivity contribution < 1.29 is 0 Å². The van der Waals surface area contributed by atoms with Crippen molar-refractivity contribution in [2.45, 2.75) is 23.0 Å². The molecule has 1 atom stereocenters. The van der Waals surface area contributed by atoms with Crippen LogP contribution in [0.15, 0.2) is 57.0 Å². The van der Waals surface area contributed by atoms with Crippen molar-refractivity contribution in [1.29, 1.82) is 0 Å². The number of H-pyrrole nitrogens is 1. The Hall–Kier alpha value is -1.30. The highest BCUT2D eigenvalue weighted by molar-refractivity contribution is 9.10. The van der Waals surface area contributed by atoms with E-state index in [9.17, 15) is 0 Å². The van der Waals surface area contributed by atoms with E-state index in [1.54, 1.807) is 11.8 Å². The zero-order valence-electron chi connectivity index (χ0n) is 11.9. The molecule has 5 heteroatoms. The van der Waals surface area contributed by atoms with Crippen molar-refractivity contribution >= 4 is 38.7 Å². The summed E-state index contributed by atoms with van der Waals surface area (Å²) in [4.78, 5) is 9.20. The van der Waals surface area contributed by atoms with Crippen molar-refractivity contribution in [1.82, 2.24) is 15.3 Å². The molecule has 2 aromatic carbocycles. The number of aromatic nitrogens is 2. The van der Waals surface area contributed by atoms with E-state index in [0.29, 0.717) is 0 Å². The summed E-state index contributed by atoms with van der Waals surface area (Å²) in [5, 5.41) is 4.22. The molecule has 0 aliphatic rings. The Labute approximate surface area is 136 Å². The Morgan fingerprint density at radius 1 is 1.24 bits per heavy atom. The number of imidazole rings is 1. The molecule has 2 N–H and O–H groups in total. The molecule has 0 saturated heterocycles. The van der Waals surface area contributed by atoms with Crippen LogP contribution in [-0.2, 0) is 0 Å². The maximum absolute atomic E-state index is 4.63. The van der Waals surface area contributed by atoms with E-state index in [-0.39, 0.29) is 6.04 Å². The number of benzene rings is 2. The van der Waals surface area contributed by atoms with Crippen LogP contribution >= 0.6 is 27.7 Å². The lowest BCUT2D eigenvalue weighted by molar-refractivity contribution is 0.641. The molecule has 3 nitrogen and oxygen atoms in total. The van der Waals surface area contributed by atoms with Gasteiger partial charge in [-0.15, -0.1) is 0 Å². The van der Waals surface area contributed by atoms with Gasteiger partial charge < -0.3 is 10.3 Å². The number of fused-ring (bicyclic) bond motifs is 1. The Bertz CT molecular complexity index is 736. The van der Waals surface area contributed by atoms with E-state index in [0.717, 1.165) is 20.7 Å². The largest absolute Gasteiger partial charge is 0.333 e. The van der Waals surface area contributed by atoms with E-state index in [1.165, 1.54) is 10.5 Å². The number of para-hydroxylation sites is 2. The molecule has 0 aliphatic heterocycles. The van der Waals surface area contributed by atoms with Crippen molar-refractivity contribution in [2.75, 3.05) is 7.05 Å². The number of aromatic amines is 1. The lowest BCUT2D eigenvalue weighted by Gasteiger charge is -2.15. The molecule has 0 aliphatic carbocycles. The molecule has 1 aromatic heterocycles. The molecule has 3 rings (SSSR count). The first-order valence-corrected chi connectivity index (χ1v) is 8.37. The van der Waals surface area contributed by atoms with Crippen LogP contribution in [-0.4, -0.2) is 17.0 Å². The van der Waals surface area contributed by atoms with Crippen LogP contribution in [0.4, 0.5) is 0 Å². The maximum Gasteiger partial charge on any atom is 0.171 e. The molecule has 0 saturated carbocycles. The van der Waals surface area contributed by atoms with Gasteiger partial charge in [0.25, 0.3) is 0 Å². The van der Waals surface area contributed by atoms with Crippen LogP contribution < -0.4 is 5.32 Å². The minimum absolute atomic E-state index is 0.286. The predicted octanol–water partition coefficient (Wildman–Crippen LogP) is 4.76. The van der Waals surface area contributed by atoms with Gasteiger partial charge in [-0.1, -0.05) is 39.8 Å². The SMILES string of the molecule is CNC(C)c1cc(Br)ccc1Sc1nc2ccccc2[nH]1. The zero-order valence-corrected chi connectivity index (χ0v) is 14.3. The van der Waals surface area contributed by atoms with Gasteiger partial charge in [0, 0.05) is 15.4 Å². The van der Waals surface area contributed by atoms with Gasteiger partial charge in [0.1, 0.15) is 0 Å². The third-order valence-electron chi connectivity index (χ3n) is 3.45. The normalized spacial score (nSPS) is 12.7. The summed E-state index contributed by atoms with van der Waals surface area (Å²) >= 11 is 5.21. The van der Waals surface area contributed by atoms with Crippen LogP contribution in [0, 0.1) is 0 Å². The summed E-state index contributed by atoms with van der Waals surface area (Å²) in [5.41, 5.74) is 3.33. The highest BCUT2D eigenvalue weighted by Gasteiger charge is 2.12. The van der Waals surface area contributed by atoms with Crippen molar-refractivity contribution in [3.63, 3.8) is 0 Å². The molecular weight excluding hydrogens is 346 g/mol. The number of nitrogens with one attached hydrogen (secondary N) is 2. The van der Waals surface area contributed by atoms with Crippen LogP contribution in [0.1, 0.15) is 18.5 Å². The molecule has 0 fully saturated rings. The van der Waals surface area contributed by atoms with Gasteiger partial charge in [-0.05, 0) is 49.9 Å². The first-order valence-electron chi connectivity index (χ1n) is 6.76. The summed E-state index contributed by atoms with van der Waals surface area (Å²) in [6.45, 7) is 2.16. The number of hydrogen-bond donors (Lipinski definition) is 2. The molecule has 0 amide bonds. The number of rotatable bonds is 4. The van der Waals surface area contributed by atoms with Gasteiger partial charge in [-0.2, -0.15) is 0 Å². The fourth-order valence-electron chi connectivity index (χ4n) is 2.19. The number of nitrogens with zero attached hydrogens (tertiary/aromatic N) is 1. The predicted molar refractivity (Wildman–Crippen MR) is 91.8 cm³/mol. The molecule has 0 radical (unpaired) electrons. The van der Waals surface area contributed by atoms with Crippen LogP contribution in [0.5, 0.6) is 0 Å². The molecule has 108 valence electrons. The average Bonchev–Trinajstić information content (AvgIpc) is 2.90. The van der Waals surface area contributed by atoms with E-state index in [4.69, 9.17) is 0 Å². The van der Waals surface area contributed by atoms with E-state index in [2.05, 4.69) is 56.3 Å². The second kappa shape index (κ2) is 6.22. The molecule has 0 bridgehead atoms. The third kappa shape index (κ3) is 3.15. The number of hydrogen-bond acceptors (Lipinski definition) is 3. The quantitative estimate of drug-likeness (QED) is 0.703. The molecule has 1 heterocycles.